The zero-order chi connectivity index (χ0) is 33.3. The van der Waals surface area contributed by atoms with E-state index >= 15 is 0 Å². The first-order valence-electron chi connectivity index (χ1n) is 16.7. The molecule has 0 aliphatic rings. The maximum absolute atomic E-state index is 2.30. The molecule has 1 heteroatoms. The van der Waals surface area contributed by atoms with Gasteiger partial charge in [-0.25, -0.2) is 0 Å². The average Bonchev–Trinajstić information content (AvgIpc) is 3.74. The average molecular weight is 696 g/mol. The fraction of sp³-hybridized carbons (Fsp3) is 0.0851. The van der Waals surface area contributed by atoms with Crippen LogP contribution in [0.3, 0.4) is 0 Å². The molecular weight excluding hydrogens is 656 g/mol. The van der Waals surface area contributed by atoms with Crippen LogP contribution in [0.5, 0.6) is 0 Å². The minimum Gasteiger partial charge on any atom is -0.165 e. The first-order valence-corrected chi connectivity index (χ1v) is 18.1. The van der Waals surface area contributed by atoms with Gasteiger partial charge in [0.05, 0.1) is 0 Å². The summed E-state index contributed by atoms with van der Waals surface area (Å²) in [4.78, 5) is 0. The number of hydrogen-bond donors (Lipinski definition) is 0. The number of aryl methyl sites for hydroxylation is 2. The second-order valence-electron chi connectivity index (χ2n) is 12.1. The summed E-state index contributed by atoms with van der Waals surface area (Å²) in [5, 5.41) is 5.35. The fourth-order valence-corrected chi connectivity index (χ4v) is 6.37. The summed E-state index contributed by atoms with van der Waals surface area (Å²) in [5.41, 5.74) is 13.0. The van der Waals surface area contributed by atoms with Crippen LogP contribution in [-0.4, -0.2) is 3.71 Å². The first kappa shape index (κ1) is 33.2. The molecule has 8 rings (SSSR count). The van der Waals surface area contributed by atoms with E-state index in [0.717, 1.165) is 0 Å². The Morgan fingerprint density at radius 2 is 0.708 bits per heavy atom. The molecule has 48 heavy (non-hydrogen) atoms. The van der Waals surface area contributed by atoms with E-state index in [4.69, 9.17) is 0 Å². The summed E-state index contributed by atoms with van der Waals surface area (Å²) < 4.78 is 2.22. The molecule has 8 aromatic rings. The van der Waals surface area contributed by atoms with Crippen LogP contribution in [0.2, 0.25) is 0 Å². The van der Waals surface area contributed by atoms with Crippen molar-refractivity contribution in [2.24, 2.45) is 0 Å². The van der Waals surface area contributed by atoms with Crippen molar-refractivity contribution in [1.82, 2.24) is 0 Å². The molecule has 0 aliphatic heterocycles. The van der Waals surface area contributed by atoms with E-state index in [0.29, 0.717) is 0 Å². The second kappa shape index (κ2) is 15.9. The normalized spacial score (nSPS) is 10.6. The molecule has 8 aromatic carbocycles. The molecule has 0 radical (unpaired) electrons. The van der Waals surface area contributed by atoms with Gasteiger partial charge in [0.1, 0.15) is 0 Å². The van der Waals surface area contributed by atoms with Crippen LogP contribution in [0.25, 0.3) is 66.1 Å². The molecular formula is C47H40Zr. The molecule has 0 spiro atoms. The van der Waals surface area contributed by atoms with Gasteiger partial charge in [-0.15, -0.1) is 44.8 Å². The standard InChI is InChI=1S/2C22H17.C3H6.Zr/c2*1-16-14-21-19(17-8-4-2-5-9-17)12-13-20(22(21)15-16)18-10-6-3-7-11-18;1-3-2;/h2*2-15H,1H3;1H,3H2,2H3;/q2*-1;;+2. The zero-order valence-electron chi connectivity index (χ0n) is 28.0. The molecule has 0 atom stereocenters. The molecule has 0 fully saturated rings. The fourth-order valence-electron chi connectivity index (χ4n) is 6.37. The summed E-state index contributed by atoms with van der Waals surface area (Å²) in [6.45, 7) is 6.49. The van der Waals surface area contributed by atoms with Gasteiger partial charge in [0.15, 0.2) is 0 Å². The molecule has 0 heterocycles. The molecule has 0 nitrogen and oxygen atoms in total. The predicted octanol–water partition coefficient (Wildman–Crippen LogP) is 13.1. The second-order valence-corrected chi connectivity index (χ2v) is 13.1. The quantitative estimate of drug-likeness (QED) is 0.157. The Morgan fingerprint density at radius 3 is 1.00 bits per heavy atom. The van der Waals surface area contributed by atoms with Gasteiger partial charge >= 0.3 is 41.3 Å². The van der Waals surface area contributed by atoms with Crippen LogP contribution in [-0.2, 0) is 24.2 Å². The van der Waals surface area contributed by atoms with Crippen LogP contribution in [0.4, 0.5) is 0 Å². The Hall–Kier alpha value is -4.71. The van der Waals surface area contributed by atoms with E-state index in [2.05, 4.69) is 194 Å². The van der Waals surface area contributed by atoms with Crippen molar-refractivity contribution in [1.29, 1.82) is 0 Å². The van der Waals surface area contributed by atoms with Gasteiger partial charge in [-0.2, -0.15) is 12.1 Å². The molecule has 0 aliphatic carbocycles. The van der Waals surface area contributed by atoms with Crippen molar-refractivity contribution in [2.45, 2.75) is 27.2 Å². The summed E-state index contributed by atoms with van der Waals surface area (Å²) in [7, 11) is 0. The SMILES string of the molecule is CC[CH]=[Zr+2].Cc1cc2c(-c3ccccc3)ccc(-c3ccccc3)c2[cH-]1.Cc1cc2c(-c3ccccc3)ccc(-c3ccccc3)c2[cH-]1. The van der Waals surface area contributed by atoms with Gasteiger partial charge in [-0.05, 0) is 11.1 Å². The van der Waals surface area contributed by atoms with Crippen LogP contribution in [0.1, 0.15) is 24.5 Å². The van der Waals surface area contributed by atoms with Gasteiger partial charge in [-0.3, -0.25) is 0 Å². The van der Waals surface area contributed by atoms with E-state index in [-0.39, 0.29) is 0 Å². The molecule has 232 valence electrons. The largest absolute Gasteiger partial charge is 0.165 e. The Morgan fingerprint density at radius 1 is 0.438 bits per heavy atom. The number of rotatable bonds is 5. The summed E-state index contributed by atoms with van der Waals surface area (Å²) >= 11 is 1.54. The van der Waals surface area contributed by atoms with E-state index in [1.54, 1.807) is 24.2 Å². The molecule has 0 unspecified atom stereocenters. The zero-order valence-corrected chi connectivity index (χ0v) is 30.4. The molecule has 0 amide bonds. The van der Waals surface area contributed by atoms with Gasteiger partial charge in [-0.1, -0.05) is 193 Å². The summed E-state index contributed by atoms with van der Waals surface area (Å²) in [6.07, 6.45) is 1.23. The van der Waals surface area contributed by atoms with Crippen LogP contribution < -0.4 is 0 Å². The molecule has 0 saturated heterocycles. The topological polar surface area (TPSA) is 0 Å². The van der Waals surface area contributed by atoms with Crippen molar-refractivity contribution >= 4 is 25.3 Å². The first-order chi connectivity index (χ1) is 23.6. The minimum absolute atomic E-state index is 1.23. The van der Waals surface area contributed by atoms with Crippen molar-refractivity contribution in [3.63, 3.8) is 0 Å². The summed E-state index contributed by atoms with van der Waals surface area (Å²) in [6, 6.07) is 60.7. The Labute approximate surface area is 300 Å². The van der Waals surface area contributed by atoms with E-state index in [9.17, 15) is 0 Å². The van der Waals surface area contributed by atoms with Crippen LogP contribution in [0.15, 0.2) is 170 Å². The third-order valence-corrected chi connectivity index (χ3v) is 9.61. The van der Waals surface area contributed by atoms with Crippen molar-refractivity contribution in [3.05, 3.63) is 181 Å². The predicted molar refractivity (Wildman–Crippen MR) is 207 cm³/mol. The smallest absolute Gasteiger partial charge is 0.0279 e. The maximum atomic E-state index is 2.30. The molecule has 0 bridgehead atoms. The Kier molecular flexibility index (Phi) is 11.0. The van der Waals surface area contributed by atoms with E-state index in [1.807, 2.05) is 0 Å². The van der Waals surface area contributed by atoms with Gasteiger partial charge in [0.2, 0.25) is 0 Å². The van der Waals surface area contributed by atoms with E-state index < -0.39 is 0 Å². The van der Waals surface area contributed by atoms with Crippen LogP contribution >= 0.6 is 0 Å². The van der Waals surface area contributed by atoms with Crippen molar-refractivity contribution in [2.75, 3.05) is 0 Å². The Bertz CT molecular complexity index is 1910. The maximum Gasteiger partial charge on any atom is -0.0279 e. The Balaban J connectivity index is 0.000000151. The van der Waals surface area contributed by atoms with Gasteiger partial charge in [0, 0.05) is 0 Å². The van der Waals surface area contributed by atoms with Crippen molar-refractivity contribution in [3.8, 4) is 44.5 Å². The van der Waals surface area contributed by atoms with Crippen LogP contribution in [0, 0.1) is 13.8 Å². The monoisotopic (exact) mass is 694 g/mol. The van der Waals surface area contributed by atoms with Gasteiger partial charge in [0.25, 0.3) is 0 Å². The molecule has 0 aromatic heterocycles. The molecule has 0 N–H and O–H groups in total. The third kappa shape index (κ3) is 7.54. The van der Waals surface area contributed by atoms with E-state index in [1.165, 1.54) is 83.6 Å². The summed E-state index contributed by atoms with van der Waals surface area (Å²) in [5.74, 6) is 0. The van der Waals surface area contributed by atoms with Gasteiger partial charge < -0.3 is 0 Å². The third-order valence-electron chi connectivity index (χ3n) is 8.61. The molecule has 0 saturated carbocycles. The number of fused-ring (bicyclic) bond motifs is 2. The van der Waals surface area contributed by atoms with Crippen molar-refractivity contribution < 1.29 is 24.2 Å². The number of benzene rings is 6. The number of hydrogen-bond acceptors (Lipinski definition) is 0. The minimum atomic E-state index is 1.23.